The van der Waals surface area contributed by atoms with Gasteiger partial charge in [0.15, 0.2) is 0 Å². The third-order valence-corrected chi connectivity index (χ3v) is 4.99. The number of amides is 1. The Morgan fingerprint density at radius 2 is 2.00 bits per heavy atom. The highest BCUT2D eigenvalue weighted by Gasteiger charge is 2.19. The average Bonchev–Trinajstić information content (AvgIpc) is 3.10. The van der Waals surface area contributed by atoms with E-state index in [1.165, 1.54) is 12.1 Å². The molecular weight excluding hydrogens is 331 g/mol. The summed E-state index contributed by atoms with van der Waals surface area (Å²) in [6, 6.07) is 10.4. The second-order valence-electron chi connectivity index (χ2n) is 6.87. The Morgan fingerprint density at radius 3 is 2.81 bits per heavy atom. The Balaban J connectivity index is 1.54. The predicted octanol–water partition coefficient (Wildman–Crippen LogP) is 3.69. The minimum atomic E-state index is -0.420. The van der Waals surface area contributed by atoms with Gasteiger partial charge in [-0.25, -0.2) is 4.39 Å². The van der Waals surface area contributed by atoms with Crippen molar-refractivity contribution in [2.24, 2.45) is 0 Å². The van der Waals surface area contributed by atoms with Gasteiger partial charge in [-0.15, -0.1) is 0 Å². The first-order valence-electron chi connectivity index (χ1n) is 8.82. The van der Waals surface area contributed by atoms with Crippen LogP contribution in [0.3, 0.4) is 0 Å². The Hall–Kier alpha value is -2.73. The molecule has 1 aliphatic heterocycles. The minimum absolute atomic E-state index is 0.327. The highest BCUT2D eigenvalue weighted by Crippen LogP contribution is 2.24. The standard InChI is InChI=1S/C20H21FN4O/c1-24-8-6-17(7-9-24)25-13-16(12-22-25)23-20(26)19-11-15(21)10-14-4-2-3-5-18(14)19/h2-5,10-13,17H,6-9H2,1H3,(H,23,26). The van der Waals surface area contributed by atoms with E-state index < -0.39 is 5.82 Å². The zero-order chi connectivity index (χ0) is 18.1. The number of rotatable bonds is 3. The molecule has 1 amide bonds. The van der Waals surface area contributed by atoms with Crippen molar-refractivity contribution >= 4 is 22.4 Å². The molecular formula is C20H21FN4O. The normalized spacial score (nSPS) is 16.1. The Morgan fingerprint density at radius 1 is 1.23 bits per heavy atom. The monoisotopic (exact) mass is 352 g/mol. The van der Waals surface area contributed by atoms with Gasteiger partial charge >= 0.3 is 0 Å². The molecule has 0 atom stereocenters. The van der Waals surface area contributed by atoms with Gasteiger partial charge in [0.05, 0.1) is 23.5 Å². The number of nitrogens with one attached hydrogen (secondary N) is 1. The minimum Gasteiger partial charge on any atom is -0.319 e. The molecule has 0 radical (unpaired) electrons. The first-order chi connectivity index (χ1) is 12.6. The van der Waals surface area contributed by atoms with Crippen molar-refractivity contribution in [1.82, 2.24) is 14.7 Å². The summed E-state index contributed by atoms with van der Waals surface area (Å²) in [7, 11) is 2.12. The fraction of sp³-hybridized carbons (Fsp3) is 0.300. The molecule has 0 aliphatic carbocycles. The van der Waals surface area contributed by atoms with Gasteiger partial charge in [-0.3, -0.25) is 9.48 Å². The number of carbonyl (C=O) groups is 1. The van der Waals surface area contributed by atoms with Crippen LogP contribution in [0.25, 0.3) is 10.8 Å². The summed E-state index contributed by atoms with van der Waals surface area (Å²) in [5, 5.41) is 8.69. The highest BCUT2D eigenvalue weighted by atomic mass is 19.1. The summed E-state index contributed by atoms with van der Waals surface area (Å²) >= 11 is 0. The number of likely N-dealkylation sites (tertiary alicyclic amines) is 1. The number of hydrogen-bond acceptors (Lipinski definition) is 3. The van der Waals surface area contributed by atoms with Crippen LogP contribution in [0.15, 0.2) is 48.8 Å². The number of benzene rings is 2. The lowest BCUT2D eigenvalue weighted by Crippen LogP contribution is -2.31. The van der Waals surface area contributed by atoms with E-state index in [2.05, 4.69) is 22.4 Å². The number of piperidine rings is 1. The maximum atomic E-state index is 13.9. The van der Waals surface area contributed by atoms with Crippen LogP contribution in [0.2, 0.25) is 0 Å². The molecule has 2 heterocycles. The summed E-state index contributed by atoms with van der Waals surface area (Å²) in [5.74, 6) is -0.750. The fourth-order valence-electron chi connectivity index (χ4n) is 3.52. The molecule has 6 heteroatoms. The van der Waals surface area contributed by atoms with E-state index in [0.717, 1.165) is 31.3 Å². The average molecular weight is 352 g/mol. The summed E-state index contributed by atoms with van der Waals surface area (Å²) in [5.41, 5.74) is 0.954. The van der Waals surface area contributed by atoms with Crippen molar-refractivity contribution in [3.63, 3.8) is 0 Å². The molecule has 0 spiro atoms. The van der Waals surface area contributed by atoms with Gasteiger partial charge in [0.2, 0.25) is 0 Å². The van der Waals surface area contributed by atoms with Crippen LogP contribution in [0.5, 0.6) is 0 Å². The van der Waals surface area contributed by atoms with Crippen LogP contribution in [0.4, 0.5) is 10.1 Å². The zero-order valence-electron chi connectivity index (χ0n) is 14.7. The van der Waals surface area contributed by atoms with E-state index in [0.29, 0.717) is 22.7 Å². The molecule has 0 bridgehead atoms. The Labute approximate surface area is 151 Å². The van der Waals surface area contributed by atoms with Gasteiger partial charge in [0, 0.05) is 6.20 Å². The molecule has 1 saturated heterocycles. The quantitative estimate of drug-likeness (QED) is 0.782. The third kappa shape index (κ3) is 3.32. The largest absolute Gasteiger partial charge is 0.319 e. The van der Waals surface area contributed by atoms with E-state index in [9.17, 15) is 9.18 Å². The molecule has 0 unspecified atom stereocenters. The van der Waals surface area contributed by atoms with Crippen LogP contribution in [0, 0.1) is 5.82 Å². The van der Waals surface area contributed by atoms with Crippen molar-refractivity contribution in [3.8, 4) is 0 Å². The smallest absolute Gasteiger partial charge is 0.256 e. The molecule has 0 saturated carbocycles. The van der Waals surface area contributed by atoms with Crippen LogP contribution in [-0.2, 0) is 0 Å². The number of halogens is 1. The van der Waals surface area contributed by atoms with Crippen molar-refractivity contribution in [2.45, 2.75) is 18.9 Å². The van der Waals surface area contributed by atoms with Crippen LogP contribution in [-0.4, -0.2) is 40.7 Å². The molecule has 4 rings (SSSR count). The fourth-order valence-corrected chi connectivity index (χ4v) is 3.52. The van der Waals surface area contributed by atoms with Crippen LogP contribution >= 0.6 is 0 Å². The summed E-state index contributed by atoms with van der Waals surface area (Å²) < 4.78 is 15.8. The summed E-state index contributed by atoms with van der Waals surface area (Å²) in [4.78, 5) is 15.0. The molecule has 1 fully saturated rings. The van der Waals surface area contributed by atoms with Gasteiger partial charge in [0.25, 0.3) is 5.91 Å². The molecule has 1 N–H and O–H groups in total. The first-order valence-corrected chi connectivity index (χ1v) is 8.82. The molecule has 5 nitrogen and oxygen atoms in total. The van der Waals surface area contributed by atoms with Gasteiger partial charge in [0.1, 0.15) is 5.82 Å². The van der Waals surface area contributed by atoms with Gasteiger partial charge in [-0.1, -0.05) is 24.3 Å². The van der Waals surface area contributed by atoms with Crippen molar-refractivity contribution in [1.29, 1.82) is 0 Å². The molecule has 3 aromatic rings. The van der Waals surface area contributed by atoms with Crippen molar-refractivity contribution in [3.05, 3.63) is 60.2 Å². The number of fused-ring (bicyclic) bond motifs is 1. The molecule has 1 aromatic heterocycles. The summed E-state index contributed by atoms with van der Waals surface area (Å²) in [6.07, 6.45) is 5.59. The van der Waals surface area contributed by atoms with E-state index in [4.69, 9.17) is 0 Å². The number of aromatic nitrogens is 2. The van der Waals surface area contributed by atoms with E-state index in [1.807, 2.05) is 29.1 Å². The molecule has 26 heavy (non-hydrogen) atoms. The second kappa shape index (κ2) is 6.88. The lowest BCUT2D eigenvalue weighted by molar-refractivity contribution is 0.102. The lowest BCUT2D eigenvalue weighted by Gasteiger charge is -2.28. The Bertz CT molecular complexity index is 944. The second-order valence-corrected chi connectivity index (χ2v) is 6.87. The predicted molar refractivity (Wildman–Crippen MR) is 99.9 cm³/mol. The number of hydrogen-bond donors (Lipinski definition) is 1. The zero-order valence-corrected chi connectivity index (χ0v) is 14.7. The van der Waals surface area contributed by atoms with Gasteiger partial charge in [-0.05, 0) is 55.9 Å². The number of carbonyl (C=O) groups excluding carboxylic acids is 1. The van der Waals surface area contributed by atoms with Gasteiger partial charge in [-0.2, -0.15) is 5.10 Å². The van der Waals surface area contributed by atoms with E-state index in [1.54, 1.807) is 12.3 Å². The summed E-state index contributed by atoms with van der Waals surface area (Å²) in [6.45, 7) is 2.09. The van der Waals surface area contributed by atoms with Gasteiger partial charge < -0.3 is 10.2 Å². The number of anilines is 1. The van der Waals surface area contributed by atoms with E-state index in [-0.39, 0.29) is 5.91 Å². The Kier molecular flexibility index (Phi) is 4.42. The number of nitrogens with zero attached hydrogens (tertiary/aromatic N) is 3. The van der Waals surface area contributed by atoms with Crippen LogP contribution < -0.4 is 5.32 Å². The first kappa shape index (κ1) is 16.7. The maximum absolute atomic E-state index is 13.9. The molecule has 2 aromatic carbocycles. The third-order valence-electron chi connectivity index (χ3n) is 4.99. The van der Waals surface area contributed by atoms with Crippen LogP contribution in [0.1, 0.15) is 29.2 Å². The SMILES string of the molecule is CN1CCC(n2cc(NC(=O)c3cc(F)cc4ccccc34)cn2)CC1. The highest BCUT2D eigenvalue weighted by molar-refractivity contribution is 6.12. The maximum Gasteiger partial charge on any atom is 0.256 e. The van der Waals surface area contributed by atoms with Crippen molar-refractivity contribution < 1.29 is 9.18 Å². The lowest BCUT2D eigenvalue weighted by atomic mass is 10.0. The topological polar surface area (TPSA) is 50.2 Å². The molecule has 1 aliphatic rings. The van der Waals surface area contributed by atoms with Crippen molar-refractivity contribution in [2.75, 3.05) is 25.5 Å². The molecule has 134 valence electrons. The van der Waals surface area contributed by atoms with E-state index >= 15 is 0 Å².